The van der Waals surface area contributed by atoms with Gasteiger partial charge >= 0.3 is 0 Å². The molecule has 0 spiro atoms. The largest absolute Gasteiger partial charge is 0.379 e. The van der Waals surface area contributed by atoms with Crippen molar-refractivity contribution in [2.45, 2.75) is 6.52 Å². The first kappa shape index (κ1) is 8.83. The topological polar surface area (TPSA) is 25.4 Å². The van der Waals surface area contributed by atoms with Crippen LogP contribution in [-0.4, -0.2) is 36.2 Å². The van der Waals surface area contributed by atoms with E-state index >= 15 is 0 Å². The number of ether oxygens (including phenoxy) is 1. The summed E-state index contributed by atoms with van der Waals surface area (Å²) in [5.41, 5.74) is 0.792. The third kappa shape index (κ3) is 2.77. The zero-order valence-corrected chi connectivity index (χ0v) is 9.40. The van der Waals surface area contributed by atoms with Gasteiger partial charge in [-0.1, -0.05) is 0 Å². The lowest BCUT2D eigenvalue weighted by Gasteiger charge is -2.26. The van der Waals surface area contributed by atoms with Crippen molar-refractivity contribution in [2.24, 2.45) is 0 Å². The minimum absolute atomic E-state index is 0.373. The van der Waals surface area contributed by atoms with Crippen molar-refractivity contribution in [1.82, 2.24) is 9.88 Å². The summed E-state index contributed by atoms with van der Waals surface area (Å²) in [4.78, 5) is 6.31. The van der Waals surface area contributed by atoms with Gasteiger partial charge < -0.3 is 4.74 Å². The quantitative estimate of drug-likeness (QED) is 0.807. The number of aromatic nitrogens is 1. The van der Waals surface area contributed by atoms with E-state index in [1.807, 2.05) is 12.1 Å². The highest BCUT2D eigenvalue weighted by Crippen LogP contribution is 2.09. The van der Waals surface area contributed by atoms with Gasteiger partial charge in [0.2, 0.25) is 0 Å². The van der Waals surface area contributed by atoms with Crippen LogP contribution in [0.1, 0.15) is 7.06 Å². The van der Waals surface area contributed by atoms with E-state index in [1.165, 1.54) is 0 Å². The fourth-order valence-corrected chi connectivity index (χ4v) is 1.59. The Balaban J connectivity index is 2.05. The van der Waals surface area contributed by atoms with Gasteiger partial charge in [0.05, 0.1) is 18.9 Å². The van der Waals surface area contributed by atoms with E-state index in [0.717, 1.165) is 23.3 Å². The van der Waals surface area contributed by atoms with Crippen molar-refractivity contribution >= 4 is 15.9 Å². The summed E-state index contributed by atoms with van der Waals surface area (Å²) < 4.78 is 14.3. The number of nitrogens with zero attached hydrogens (tertiary/aromatic N) is 2. The van der Waals surface area contributed by atoms with Crippen molar-refractivity contribution in [3.05, 3.63) is 28.5 Å². The summed E-state index contributed by atoms with van der Waals surface area (Å²) in [6.45, 7) is 2.68. The normalized spacial score (nSPS) is 21.6. The molecule has 0 bridgehead atoms. The molecule has 76 valence electrons. The van der Waals surface area contributed by atoms with Gasteiger partial charge in [0.15, 0.2) is 0 Å². The van der Waals surface area contributed by atoms with E-state index in [0.29, 0.717) is 13.2 Å². The van der Waals surface area contributed by atoms with Crippen molar-refractivity contribution in [1.29, 1.82) is 0 Å². The van der Waals surface area contributed by atoms with E-state index in [9.17, 15) is 0 Å². The molecule has 3 nitrogen and oxygen atoms in total. The molecule has 0 aromatic carbocycles. The first-order valence-corrected chi connectivity index (χ1v) is 5.42. The summed E-state index contributed by atoms with van der Waals surface area (Å²) >= 11 is 3.33. The summed E-state index contributed by atoms with van der Waals surface area (Å²) in [6, 6.07) is 3.81. The van der Waals surface area contributed by atoms with Gasteiger partial charge in [-0.25, -0.2) is 0 Å². The summed E-state index contributed by atoms with van der Waals surface area (Å²) in [5.74, 6) is 0. The number of hydrogen-bond donors (Lipinski definition) is 0. The maximum Gasteiger partial charge on any atom is 0.0594 e. The second-order valence-corrected chi connectivity index (χ2v) is 4.09. The SMILES string of the molecule is [2H]C(c1ccc(Br)cn1)N1CCOCC1. The third-order valence-corrected chi connectivity index (χ3v) is 2.58. The summed E-state index contributed by atoms with van der Waals surface area (Å²) in [5, 5.41) is 0. The number of pyridine rings is 1. The molecule has 0 amide bonds. The van der Waals surface area contributed by atoms with Gasteiger partial charge in [0.25, 0.3) is 0 Å². The highest BCUT2D eigenvalue weighted by atomic mass is 79.9. The van der Waals surface area contributed by atoms with Crippen molar-refractivity contribution in [2.75, 3.05) is 26.3 Å². The van der Waals surface area contributed by atoms with Crippen LogP contribution in [0.25, 0.3) is 0 Å². The molecule has 1 aliphatic rings. The minimum atomic E-state index is -0.373. The molecule has 1 aliphatic heterocycles. The summed E-state index contributed by atoms with van der Waals surface area (Å²) in [7, 11) is 0. The maximum absolute atomic E-state index is 8.07. The smallest absolute Gasteiger partial charge is 0.0594 e. The maximum atomic E-state index is 8.07. The second-order valence-electron chi connectivity index (χ2n) is 3.18. The number of rotatable bonds is 2. The third-order valence-electron chi connectivity index (χ3n) is 2.11. The van der Waals surface area contributed by atoms with Crippen LogP contribution in [0.2, 0.25) is 0 Å². The van der Waals surface area contributed by atoms with E-state index in [-0.39, 0.29) is 6.52 Å². The molecular weight excluding hydrogens is 244 g/mol. The molecule has 4 heteroatoms. The van der Waals surface area contributed by atoms with Crippen molar-refractivity contribution in [3.8, 4) is 0 Å². The molecule has 0 N–H and O–H groups in total. The molecule has 0 radical (unpaired) electrons. The molecule has 1 saturated heterocycles. The van der Waals surface area contributed by atoms with Crippen molar-refractivity contribution in [3.63, 3.8) is 0 Å². The fourth-order valence-electron chi connectivity index (χ4n) is 1.36. The Morgan fingerprint density at radius 2 is 2.29 bits per heavy atom. The van der Waals surface area contributed by atoms with Crippen LogP contribution in [0.3, 0.4) is 0 Å². The molecule has 1 atom stereocenters. The van der Waals surface area contributed by atoms with Crippen LogP contribution in [0.4, 0.5) is 0 Å². The molecule has 0 aliphatic carbocycles. The highest BCUT2D eigenvalue weighted by Gasteiger charge is 2.10. The molecule has 1 aromatic heterocycles. The Hall–Kier alpha value is -0.450. The van der Waals surface area contributed by atoms with Gasteiger partial charge in [-0.05, 0) is 28.1 Å². The zero-order valence-electron chi connectivity index (χ0n) is 8.82. The second kappa shape index (κ2) is 4.87. The fraction of sp³-hybridized carbons (Fsp3) is 0.500. The van der Waals surface area contributed by atoms with Gasteiger partial charge in [-0.3, -0.25) is 9.88 Å². The number of morpholine rings is 1. The molecule has 1 fully saturated rings. The standard InChI is InChI=1S/C10H13BrN2O/c11-9-1-2-10(12-7-9)8-13-3-5-14-6-4-13/h1-2,7H,3-6,8H2/i8D. The van der Waals surface area contributed by atoms with E-state index in [4.69, 9.17) is 6.11 Å². The van der Waals surface area contributed by atoms with Crippen LogP contribution in [0.15, 0.2) is 22.8 Å². The molecule has 0 saturated carbocycles. The lowest BCUT2D eigenvalue weighted by molar-refractivity contribution is 0.0336. The molecule has 2 rings (SSSR count). The van der Waals surface area contributed by atoms with Crippen LogP contribution in [0, 0.1) is 0 Å². The first-order valence-electron chi connectivity index (χ1n) is 5.20. The number of halogens is 1. The van der Waals surface area contributed by atoms with E-state index in [2.05, 4.69) is 25.8 Å². The van der Waals surface area contributed by atoms with E-state index in [1.54, 1.807) is 6.20 Å². The minimum Gasteiger partial charge on any atom is -0.379 e. The van der Waals surface area contributed by atoms with Gasteiger partial charge in [0.1, 0.15) is 0 Å². The lowest BCUT2D eigenvalue weighted by Crippen LogP contribution is -2.35. The first-order chi connectivity index (χ1) is 7.27. The zero-order chi connectivity index (χ0) is 10.7. The van der Waals surface area contributed by atoms with Gasteiger partial charge in [-0.2, -0.15) is 0 Å². The Morgan fingerprint density at radius 1 is 1.50 bits per heavy atom. The van der Waals surface area contributed by atoms with Crippen LogP contribution < -0.4 is 0 Å². The molecule has 2 heterocycles. The van der Waals surface area contributed by atoms with Crippen molar-refractivity contribution < 1.29 is 6.11 Å². The van der Waals surface area contributed by atoms with Gasteiger partial charge in [-0.15, -0.1) is 0 Å². The average molecular weight is 258 g/mol. The molecule has 14 heavy (non-hydrogen) atoms. The Kier molecular flexibility index (Phi) is 3.07. The lowest BCUT2D eigenvalue weighted by atomic mass is 10.3. The monoisotopic (exact) mass is 257 g/mol. The molecule has 1 unspecified atom stereocenters. The Labute approximate surface area is 93.6 Å². The highest BCUT2D eigenvalue weighted by molar-refractivity contribution is 9.10. The average Bonchev–Trinajstić information content (AvgIpc) is 2.30. The Bertz CT molecular complexity index is 314. The molecule has 1 aromatic rings. The Morgan fingerprint density at radius 3 is 2.93 bits per heavy atom. The molecular formula is C10H13BrN2O. The predicted octanol–water partition coefficient (Wildman–Crippen LogP) is 1.68. The van der Waals surface area contributed by atoms with Gasteiger partial charge in [0, 0.05) is 31.7 Å². The van der Waals surface area contributed by atoms with Crippen LogP contribution in [0.5, 0.6) is 0 Å². The number of hydrogen-bond acceptors (Lipinski definition) is 3. The predicted molar refractivity (Wildman–Crippen MR) is 58.0 cm³/mol. The van der Waals surface area contributed by atoms with E-state index < -0.39 is 0 Å². The van der Waals surface area contributed by atoms with Crippen LogP contribution >= 0.6 is 15.9 Å². The van der Waals surface area contributed by atoms with Crippen LogP contribution in [-0.2, 0) is 11.3 Å². The summed E-state index contributed by atoms with van der Waals surface area (Å²) in [6.07, 6.45) is 1.73.